The van der Waals surface area contributed by atoms with Gasteiger partial charge < -0.3 is 9.72 Å². The average Bonchev–Trinajstić information content (AvgIpc) is 2.82. The van der Waals surface area contributed by atoms with Crippen molar-refractivity contribution in [2.45, 2.75) is 20.8 Å². The maximum atomic E-state index is 12.5. The summed E-state index contributed by atoms with van der Waals surface area (Å²) >= 11 is 3.37. The molecule has 0 saturated heterocycles. The Balaban J connectivity index is 2.25. The first-order chi connectivity index (χ1) is 10.9. The second-order valence-corrected chi connectivity index (χ2v) is 6.01. The van der Waals surface area contributed by atoms with Gasteiger partial charge in [0.15, 0.2) is 5.78 Å². The molecule has 0 unspecified atom stereocenters. The lowest BCUT2D eigenvalue weighted by Gasteiger charge is -2.01. The highest BCUT2D eigenvalue weighted by Crippen LogP contribution is 2.20. The molecule has 2 rings (SSSR count). The molecule has 0 saturated carbocycles. The SMILES string of the molecule is CCOC(=O)c1[nH]c(C)c(C(=O)/C=C/c2ccc(Br)cc2)c1C. The molecule has 0 aliphatic heterocycles. The minimum absolute atomic E-state index is 0.144. The van der Waals surface area contributed by atoms with Crippen LogP contribution in [0.1, 0.15) is 44.6 Å². The van der Waals surface area contributed by atoms with Crippen LogP contribution in [0.25, 0.3) is 6.08 Å². The number of halogens is 1. The zero-order valence-electron chi connectivity index (χ0n) is 13.3. The molecule has 1 aromatic heterocycles. The predicted octanol–water partition coefficient (Wildman–Crippen LogP) is 4.47. The number of rotatable bonds is 5. The minimum Gasteiger partial charge on any atom is -0.461 e. The summed E-state index contributed by atoms with van der Waals surface area (Å²) in [5.41, 5.74) is 3.06. The van der Waals surface area contributed by atoms with Crippen LogP contribution < -0.4 is 0 Å². The monoisotopic (exact) mass is 375 g/mol. The predicted molar refractivity (Wildman–Crippen MR) is 93.7 cm³/mol. The van der Waals surface area contributed by atoms with Gasteiger partial charge in [0.05, 0.1) is 6.61 Å². The molecule has 0 spiro atoms. The molecule has 5 heteroatoms. The third-order valence-electron chi connectivity index (χ3n) is 3.46. The quantitative estimate of drug-likeness (QED) is 0.476. The van der Waals surface area contributed by atoms with Crippen LogP contribution in [0.3, 0.4) is 0 Å². The van der Waals surface area contributed by atoms with Gasteiger partial charge in [0.25, 0.3) is 0 Å². The molecule has 120 valence electrons. The molecule has 0 bridgehead atoms. The number of ketones is 1. The second kappa shape index (κ2) is 7.42. The van der Waals surface area contributed by atoms with Gasteiger partial charge in [0, 0.05) is 15.7 Å². The molecule has 1 aromatic carbocycles. The van der Waals surface area contributed by atoms with Gasteiger partial charge in [-0.15, -0.1) is 0 Å². The van der Waals surface area contributed by atoms with Gasteiger partial charge in [-0.1, -0.05) is 34.1 Å². The number of aromatic nitrogens is 1. The summed E-state index contributed by atoms with van der Waals surface area (Å²) in [6.07, 6.45) is 3.27. The fourth-order valence-corrected chi connectivity index (χ4v) is 2.62. The molecule has 23 heavy (non-hydrogen) atoms. The lowest BCUT2D eigenvalue weighted by molar-refractivity contribution is 0.0519. The van der Waals surface area contributed by atoms with Gasteiger partial charge in [0.2, 0.25) is 0 Å². The Morgan fingerprint density at radius 3 is 2.48 bits per heavy atom. The fraction of sp³-hybridized carbons (Fsp3) is 0.222. The van der Waals surface area contributed by atoms with E-state index in [2.05, 4.69) is 20.9 Å². The van der Waals surface area contributed by atoms with E-state index in [0.29, 0.717) is 29.1 Å². The van der Waals surface area contributed by atoms with E-state index in [1.54, 1.807) is 26.8 Å². The van der Waals surface area contributed by atoms with Crippen molar-refractivity contribution in [3.8, 4) is 0 Å². The molecule has 2 aromatic rings. The van der Waals surface area contributed by atoms with Crippen molar-refractivity contribution in [2.75, 3.05) is 6.61 Å². The summed E-state index contributed by atoms with van der Waals surface area (Å²) in [5.74, 6) is -0.584. The Bertz CT molecular complexity index is 757. The standard InChI is InChI=1S/C18H18BrNO3/c1-4-23-18(22)17-11(2)16(12(3)20-17)15(21)10-7-13-5-8-14(19)9-6-13/h5-10,20H,4H2,1-3H3/b10-7+. The Morgan fingerprint density at radius 2 is 1.87 bits per heavy atom. The van der Waals surface area contributed by atoms with Gasteiger partial charge in [-0.3, -0.25) is 4.79 Å². The van der Waals surface area contributed by atoms with E-state index in [-0.39, 0.29) is 5.78 Å². The number of H-pyrrole nitrogens is 1. The van der Waals surface area contributed by atoms with Crippen LogP contribution >= 0.6 is 15.9 Å². The van der Waals surface area contributed by atoms with Crippen molar-refractivity contribution in [3.63, 3.8) is 0 Å². The molecular weight excluding hydrogens is 358 g/mol. The van der Waals surface area contributed by atoms with Crippen LogP contribution in [0.15, 0.2) is 34.8 Å². The highest BCUT2D eigenvalue weighted by atomic mass is 79.9. The van der Waals surface area contributed by atoms with Crippen LogP contribution in [-0.2, 0) is 4.74 Å². The van der Waals surface area contributed by atoms with Gasteiger partial charge in [-0.2, -0.15) is 0 Å². The number of allylic oxidation sites excluding steroid dienone is 1. The molecule has 1 N–H and O–H groups in total. The van der Waals surface area contributed by atoms with Crippen molar-refractivity contribution in [1.82, 2.24) is 4.98 Å². The van der Waals surface area contributed by atoms with E-state index in [0.717, 1.165) is 10.0 Å². The fourth-order valence-electron chi connectivity index (χ4n) is 2.36. The van der Waals surface area contributed by atoms with Crippen LogP contribution in [0.2, 0.25) is 0 Å². The van der Waals surface area contributed by atoms with E-state index >= 15 is 0 Å². The normalized spacial score (nSPS) is 11.0. The summed E-state index contributed by atoms with van der Waals surface area (Å²) < 4.78 is 5.98. The molecule has 0 radical (unpaired) electrons. The van der Waals surface area contributed by atoms with Crippen molar-refractivity contribution >= 4 is 33.8 Å². The van der Waals surface area contributed by atoms with Crippen molar-refractivity contribution in [3.05, 3.63) is 62.9 Å². The number of hydrogen-bond donors (Lipinski definition) is 1. The van der Waals surface area contributed by atoms with E-state index in [1.165, 1.54) is 6.08 Å². The Morgan fingerprint density at radius 1 is 1.22 bits per heavy atom. The largest absolute Gasteiger partial charge is 0.461 e. The van der Waals surface area contributed by atoms with Gasteiger partial charge in [-0.25, -0.2) is 4.79 Å². The summed E-state index contributed by atoms with van der Waals surface area (Å²) in [5, 5.41) is 0. The lowest BCUT2D eigenvalue weighted by Crippen LogP contribution is -2.07. The molecule has 4 nitrogen and oxygen atoms in total. The summed E-state index contributed by atoms with van der Waals surface area (Å²) in [4.78, 5) is 27.3. The van der Waals surface area contributed by atoms with Crippen LogP contribution in [0.5, 0.6) is 0 Å². The smallest absolute Gasteiger partial charge is 0.355 e. The number of esters is 1. The number of benzene rings is 1. The Labute approximate surface area is 143 Å². The maximum absolute atomic E-state index is 12.5. The van der Waals surface area contributed by atoms with Gasteiger partial charge in [-0.05, 0) is 50.1 Å². The first kappa shape index (κ1) is 17.2. The lowest BCUT2D eigenvalue weighted by atomic mass is 10.0. The van der Waals surface area contributed by atoms with Gasteiger partial charge >= 0.3 is 5.97 Å². The second-order valence-electron chi connectivity index (χ2n) is 5.09. The number of carbonyl (C=O) groups excluding carboxylic acids is 2. The van der Waals surface area contributed by atoms with Crippen LogP contribution in [0, 0.1) is 13.8 Å². The molecule has 0 aliphatic carbocycles. The van der Waals surface area contributed by atoms with E-state index in [4.69, 9.17) is 4.74 Å². The van der Waals surface area contributed by atoms with Gasteiger partial charge in [0.1, 0.15) is 5.69 Å². The summed E-state index contributed by atoms with van der Waals surface area (Å²) in [6.45, 7) is 5.56. The third kappa shape index (κ3) is 3.99. The number of nitrogens with one attached hydrogen (secondary N) is 1. The molecule has 0 amide bonds. The highest BCUT2D eigenvalue weighted by Gasteiger charge is 2.21. The molecule has 0 atom stereocenters. The summed E-state index contributed by atoms with van der Waals surface area (Å²) in [6, 6.07) is 7.65. The Hall–Kier alpha value is -2.14. The topological polar surface area (TPSA) is 59.2 Å². The van der Waals surface area contributed by atoms with E-state index in [1.807, 2.05) is 24.3 Å². The summed E-state index contributed by atoms with van der Waals surface area (Å²) in [7, 11) is 0. The van der Waals surface area contributed by atoms with E-state index < -0.39 is 5.97 Å². The number of carbonyl (C=O) groups is 2. The molecule has 0 fully saturated rings. The molecule has 1 heterocycles. The Kier molecular flexibility index (Phi) is 5.55. The zero-order chi connectivity index (χ0) is 17.0. The highest BCUT2D eigenvalue weighted by molar-refractivity contribution is 9.10. The van der Waals surface area contributed by atoms with Crippen molar-refractivity contribution < 1.29 is 14.3 Å². The maximum Gasteiger partial charge on any atom is 0.355 e. The van der Waals surface area contributed by atoms with Crippen LogP contribution in [0.4, 0.5) is 0 Å². The first-order valence-electron chi connectivity index (χ1n) is 7.28. The average molecular weight is 376 g/mol. The van der Waals surface area contributed by atoms with Crippen molar-refractivity contribution in [2.24, 2.45) is 0 Å². The zero-order valence-corrected chi connectivity index (χ0v) is 14.9. The van der Waals surface area contributed by atoms with Crippen LogP contribution in [-0.4, -0.2) is 23.3 Å². The number of aromatic amines is 1. The third-order valence-corrected chi connectivity index (χ3v) is 3.99. The first-order valence-corrected chi connectivity index (χ1v) is 8.07. The number of hydrogen-bond acceptors (Lipinski definition) is 3. The van der Waals surface area contributed by atoms with Crippen molar-refractivity contribution in [1.29, 1.82) is 0 Å². The number of aryl methyl sites for hydroxylation is 1. The minimum atomic E-state index is -0.441. The van der Waals surface area contributed by atoms with E-state index in [9.17, 15) is 9.59 Å². The molecular formula is C18H18BrNO3. The number of ether oxygens (including phenoxy) is 1. The molecule has 0 aliphatic rings.